The van der Waals surface area contributed by atoms with E-state index in [1.807, 2.05) is 0 Å². The summed E-state index contributed by atoms with van der Waals surface area (Å²) in [4.78, 5) is 57.9. The van der Waals surface area contributed by atoms with Gasteiger partial charge in [-0.3, -0.25) is 9.59 Å². The van der Waals surface area contributed by atoms with Gasteiger partial charge in [0.25, 0.3) is 5.91 Å². The van der Waals surface area contributed by atoms with Crippen molar-refractivity contribution in [1.29, 1.82) is 0 Å². The maximum Gasteiger partial charge on any atom is 0.363 e. The molecule has 406 valence electrons. The Morgan fingerprint density at radius 3 is 1.37 bits per heavy atom. The highest BCUT2D eigenvalue weighted by Crippen LogP contribution is 2.29. The highest BCUT2D eigenvalue weighted by molar-refractivity contribution is 9.10. The molecule has 0 saturated heterocycles. The van der Waals surface area contributed by atoms with Crippen LogP contribution in [0.3, 0.4) is 0 Å². The molecular weight excluding hydrogens is 1200 g/mol. The van der Waals surface area contributed by atoms with E-state index in [0.29, 0.717) is 51.7 Å². The third-order valence-corrected chi connectivity index (χ3v) is 10.8. The number of halogens is 9. The molecule has 79 heavy (non-hydrogen) atoms. The van der Waals surface area contributed by atoms with Gasteiger partial charge in [0.2, 0.25) is 5.56 Å². The minimum Gasteiger partial charge on any atom is -0.508 e. The lowest BCUT2D eigenvalue weighted by molar-refractivity contribution is -0.389. The number of pyridine rings is 5. The summed E-state index contributed by atoms with van der Waals surface area (Å²) in [5, 5.41) is 31.6. The first-order valence-corrected chi connectivity index (χ1v) is 23.9. The van der Waals surface area contributed by atoms with Gasteiger partial charge in [0, 0.05) is 55.7 Å². The Bertz CT molecular complexity index is 3620. The number of rotatable bonds is 10. The molecule has 9 rings (SSSR count). The maximum absolute atomic E-state index is 13.1. The quantitative estimate of drug-likeness (QED) is 0.0653. The molecule has 0 aliphatic heterocycles. The number of nitrogen functional groups attached to an aromatic ring is 1. The summed E-state index contributed by atoms with van der Waals surface area (Å²) in [6, 6.07) is 30.2. The number of amides is 1. The molecule has 0 bridgehead atoms. The van der Waals surface area contributed by atoms with Gasteiger partial charge in [-0.25, -0.2) is 27.5 Å². The van der Waals surface area contributed by atoms with Crippen LogP contribution >= 0.6 is 62.3 Å². The molecule has 0 aliphatic carbocycles. The van der Waals surface area contributed by atoms with Crippen molar-refractivity contribution < 1.29 is 51.5 Å². The molecule has 4 aromatic carbocycles. The van der Waals surface area contributed by atoms with Crippen molar-refractivity contribution in [2.24, 2.45) is 7.05 Å². The second-order valence-corrected chi connectivity index (χ2v) is 17.5. The number of nitro groups is 2. The standard InChI is InChI=1S/C18H13ClFN3O3.C11H6ClFN2O3.C11H8ClFN2O.C6H4ClFO.C5H3BrN2O2/c1-23-10-11(2-7-17(23)24)18(25)22-16-6-4-13(9-21-16)26-12-3-5-15(20)14(19)8-12;12-9-5-7(1-3-10(9)13)18-8-2-4-11(14-6-8)15(16)17;12-9-5-7(1-3-10(9)13)16-8-2-4-11(14)15-6-8;7-5-3-4(9)1-2-6(5)8;6-4-1-2-5(7-3-4)8(9)10/h2-10H,1H3,(H,21,22,25);1-6H;1-6H,(H2,14,15);1-3,9H;1-3H. The largest absolute Gasteiger partial charge is 0.508 e. The fourth-order valence-corrected chi connectivity index (χ4v) is 6.34. The van der Waals surface area contributed by atoms with E-state index in [9.17, 15) is 47.4 Å². The third kappa shape index (κ3) is 20.2. The van der Waals surface area contributed by atoms with Crippen molar-refractivity contribution in [3.8, 4) is 40.2 Å². The van der Waals surface area contributed by atoms with Gasteiger partial charge in [-0.2, -0.15) is 0 Å². The van der Waals surface area contributed by atoms with Gasteiger partial charge in [-0.1, -0.05) is 46.4 Å². The smallest absolute Gasteiger partial charge is 0.363 e. The van der Waals surface area contributed by atoms with Gasteiger partial charge in [-0.05, 0) is 127 Å². The third-order valence-electron chi connectivity index (χ3n) is 9.18. The van der Waals surface area contributed by atoms with Crippen molar-refractivity contribution in [2.75, 3.05) is 11.1 Å². The average molecular weight is 1230 g/mol. The number of carbonyl (C=O) groups is 1. The number of aromatic nitrogens is 5. The summed E-state index contributed by atoms with van der Waals surface area (Å²) in [6.45, 7) is 0. The zero-order valence-electron chi connectivity index (χ0n) is 39.8. The number of anilines is 2. The van der Waals surface area contributed by atoms with Crippen molar-refractivity contribution >= 4 is 91.5 Å². The van der Waals surface area contributed by atoms with E-state index in [1.54, 1.807) is 37.4 Å². The SMILES string of the molecule is Cn1cc(C(=O)Nc2ccc(Oc3ccc(F)c(Cl)c3)cn2)ccc1=O.Nc1ccc(Oc2ccc(F)c(Cl)c2)cn1.O=[N+]([O-])c1ccc(Br)cn1.O=[N+]([O-])c1ccc(Oc2ccc(F)c(Cl)c2)cn1.Oc1ccc(F)c(Cl)c1. The molecule has 9 aromatic rings. The molecule has 0 radical (unpaired) electrons. The average Bonchev–Trinajstić information content (AvgIpc) is 3.43. The predicted octanol–water partition coefficient (Wildman–Crippen LogP) is 14.4. The van der Waals surface area contributed by atoms with Gasteiger partial charge in [0.05, 0.1) is 42.5 Å². The lowest BCUT2D eigenvalue weighted by Gasteiger charge is -2.08. The Labute approximate surface area is 471 Å². The van der Waals surface area contributed by atoms with E-state index in [4.69, 9.17) is 71.5 Å². The fraction of sp³-hybridized carbons (Fsp3) is 0.0196. The number of hydrogen-bond donors (Lipinski definition) is 3. The molecule has 0 spiro atoms. The van der Waals surface area contributed by atoms with Crippen LogP contribution in [0, 0.1) is 43.5 Å². The number of carbonyl (C=O) groups excluding carboxylic acids is 1. The van der Waals surface area contributed by atoms with Gasteiger partial charge in [0.1, 0.15) is 69.4 Å². The van der Waals surface area contributed by atoms with Crippen LogP contribution in [0.2, 0.25) is 20.1 Å². The lowest BCUT2D eigenvalue weighted by atomic mass is 10.2. The highest BCUT2D eigenvalue weighted by Gasteiger charge is 2.12. The van der Waals surface area contributed by atoms with E-state index in [0.717, 1.165) is 22.7 Å². The van der Waals surface area contributed by atoms with Crippen LogP contribution < -0.4 is 30.8 Å². The molecule has 0 unspecified atom stereocenters. The van der Waals surface area contributed by atoms with Crippen LogP contribution in [0.25, 0.3) is 0 Å². The zero-order valence-corrected chi connectivity index (χ0v) is 44.4. The predicted molar refractivity (Wildman–Crippen MR) is 290 cm³/mol. The van der Waals surface area contributed by atoms with Crippen LogP contribution in [-0.4, -0.2) is 45.4 Å². The first-order valence-electron chi connectivity index (χ1n) is 21.6. The lowest BCUT2D eigenvalue weighted by Crippen LogP contribution is -2.19. The molecule has 19 nitrogen and oxygen atoms in total. The van der Waals surface area contributed by atoms with Gasteiger partial charge >= 0.3 is 11.6 Å². The maximum atomic E-state index is 13.1. The summed E-state index contributed by atoms with van der Waals surface area (Å²) in [6.07, 6.45) is 6.92. The van der Waals surface area contributed by atoms with Crippen LogP contribution in [0.4, 0.5) is 40.8 Å². The Hall–Kier alpha value is -8.94. The van der Waals surface area contributed by atoms with Gasteiger partial charge < -0.3 is 55.2 Å². The number of phenolic OH excluding ortho intramolecular Hbond substituents is 1. The van der Waals surface area contributed by atoms with E-state index >= 15 is 0 Å². The topological polar surface area (TPSA) is 263 Å². The first-order chi connectivity index (χ1) is 37.5. The number of nitrogens with zero attached hydrogens (tertiary/aromatic N) is 7. The molecule has 0 fully saturated rings. The van der Waals surface area contributed by atoms with E-state index in [-0.39, 0.29) is 43.0 Å². The Balaban J connectivity index is 0.000000191. The number of aromatic hydroxyl groups is 1. The summed E-state index contributed by atoms with van der Waals surface area (Å²) in [5.41, 5.74) is 5.55. The first kappa shape index (κ1) is 60.9. The van der Waals surface area contributed by atoms with E-state index in [1.165, 1.54) is 120 Å². The van der Waals surface area contributed by atoms with E-state index < -0.39 is 39.0 Å². The minimum atomic E-state index is -0.613. The number of aryl methyl sites for hydroxylation is 1. The number of ether oxygens (including phenoxy) is 3. The van der Waals surface area contributed by atoms with Crippen LogP contribution in [0.15, 0.2) is 174 Å². The van der Waals surface area contributed by atoms with Crippen molar-refractivity contribution in [3.05, 3.63) is 248 Å². The number of phenols is 1. The summed E-state index contributed by atoms with van der Waals surface area (Å²) < 4.78 is 69.5. The zero-order chi connectivity index (χ0) is 57.8. The number of benzene rings is 4. The second kappa shape index (κ2) is 29.5. The van der Waals surface area contributed by atoms with E-state index in [2.05, 4.69) is 41.2 Å². The summed E-state index contributed by atoms with van der Waals surface area (Å²) in [7, 11) is 1.56. The van der Waals surface area contributed by atoms with Crippen molar-refractivity contribution in [2.45, 2.75) is 0 Å². The molecule has 1 amide bonds. The van der Waals surface area contributed by atoms with Crippen LogP contribution in [-0.2, 0) is 7.05 Å². The molecule has 0 aliphatic rings. The monoisotopic (exact) mass is 1230 g/mol. The number of nitrogens with one attached hydrogen (secondary N) is 1. The summed E-state index contributed by atoms with van der Waals surface area (Å²) >= 11 is 25.3. The Morgan fingerprint density at radius 1 is 0.582 bits per heavy atom. The molecule has 28 heteroatoms. The van der Waals surface area contributed by atoms with Crippen LogP contribution in [0.1, 0.15) is 10.4 Å². The number of nitrogens with two attached hydrogens (primary N) is 1. The minimum absolute atomic E-state index is 0.0147. The van der Waals surface area contributed by atoms with Crippen LogP contribution in [0.5, 0.6) is 40.2 Å². The molecule has 5 aromatic heterocycles. The molecular formula is C51H34BrCl4F4N9O10. The second-order valence-electron chi connectivity index (χ2n) is 15.0. The molecule has 0 atom stereocenters. The van der Waals surface area contributed by atoms with Gasteiger partial charge in [-0.15, -0.1) is 0 Å². The normalized spacial score (nSPS) is 10.1. The highest BCUT2D eigenvalue weighted by atomic mass is 79.9. The fourth-order valence-electron chi connectivity index (χ4n) is 5.41. The van der Waals surface area contributed by atoms with Gasteiger partial charge in [0.15, 0.2) is 18.1 Å². The Kier molecular flexibility index (Phi) is 22.8. The Morgan fingerprint density at radius 2 is 1.00 bits per heavy atom. The van der Waals surface area contributed by atoms with Crippen molar-refractivity contribution in [3.63, 3.8) is 0 Å². The van der Waals surface area contributed by atoms with Crippen molar-refractivity contribution in [1.82, 2.24) is 24.5 Å². The molecule has 5 heterocycles. The number of hydrogen-bond acceptors (Lipinski definition) is 15. The molecule has 0 saturated carbocycles. The summed E-state index contributed by atoms with van der Waals surface area (Å²) in [5.74, 6) is 0.121. The molecule has 4 N–H and O–H groups in total.